The number of halogens is 1. The van der Waals surface area contributed by atoms with E-state index < -0.39 is 35.1 Å². The van der Waals surface area contributed by atoms with Gasteiger partial charge in [0.25, 0.3) is 5.91 Å². The van der Waals surface area contributed by atoms with E-state index >= 15 is 0 Å². The molecular weight excluding hydrogens is 566 g/mol. The van der Waals surface area contributed by atoms with Gasteiger partial charge in [0.05, 0.1) is 40.8 Å². The van der Waals surface area contributed by atoms with Crippen molar-refractivity contribution in [3.63, 3.8) is 0 Å². The number of amides is 3. The molecule has 1 N–H and O–H groups in total. The zero-order valence-electron chi connectivity index (χ0n) is 24.8. The summed E-state index contributed by atoms with van der Waals surface area (Å²) in [6, 6.07) is 13.5. The number of carbonyl (C=O) groups excluding carboxylic acids is 3. The van der Waals surface area contributed by atoms with E-state index in [2.05, 4.69) is 0 Å². The molecule has 4 heterocycles. The van der Waals surface area contributed by atoms with Crippen LogP contribution in [0.4, 0.5) is 5.69 Å². The summed E-state index contributed by atoms with van der Waals surface area (Å²) in [5, 5.41) is 10.9. The van der Waals surface area contributed by atoms with E-state index in [1.807, 2.05) is 87.5 Å². The number of rotatable bonds is 7. The van der Waals surface area contributed by atoms with Crippen LogP contribution in [0.3, 0.4) is 0 Å². The third kappa shape index (κ3) is 4.45. The van der Waals surface area contributed by atoms with E-state index in [0.717, 1.165) is 11.1 Å². The van der Waals surface area contributed by atoms with Gasteiger partial charge in [-0.05, 0) is 37.0 Å². The zero-order valence-corrected chi connectivity index (χ0v) is 25.5. The van der Waals surface area contributed by atoms with Gasteiger partial charge >= 0.3 is 0 Å². The number of nitrogens with zero attached hydrogens (tertiary/aromatic N) is 3. The Balaban J connectivity index is 1.50. The van der Waals surface area contributed by atoms with Crippen molar-refractivity contribution in [1.29, 1.82) is 0 Å². The number of aliphatic hydroxyl groups is 1. The van der Waals surface area contributed by atoms with Crippen LogP contribution in [0.2, 0.25) is 5.02 Å². The van der Waals surface area contributed by atoms with Crippen molar-refractivity contribution >= 4 is 35.0 Å². The summed E-state index contributed by atoms with van der Waals surface area (Å²) in [7, 11) is 0. The van der Waals surface area contributed by atoms with Gasteiger partial charge in [0.2, 0.25) is 11.8 Å². The van der Waals surface area contributed by atoms with Crippen molar-refractivity contribution in [2.24, 2.45) is 11.8 Å². The number of hydrogen-bond acceptors (Lipinski definition) is 5. The van der Waals surface area contributed by atoms with E-state index in [4.69, 9.17) is 16.3 Å². The Bertz CT molecular complexity index is 1470. The minimum atomic E-state index is -1.41. The van der Waals surface area contributed by atoms with Gasteiger partial charge in [0.15, 0.2) is 0 Å². The van der Waals surface area contributed by atoms with Gasteiger partial charge in [0.1, 0.15) is 11.6 Å². The number of fused-ring (bicyclic) bond motifs is 2. The summed E-state index contributed by atoms with van der Waals surface area (Å²) in [6.07, 6.45) is 8.46. The Hall–Kier alpha value is -3.46. The highest BCUT2D eigenvalue weighted by atomic mass is 35.5. The predicted molar refractivity (Wildman–Crippen MR) is 164 cm³/mol. The lowest BCUT2D eigenvalue weighted by atomic mass is 9.73. The van der Waals surface area contributed by atoms with E-state index in [0.29, 0.717) is 36.6 Å². The molecule has 226 valence electrons. The smallest absolute Gasteiger partial charge is 0.253 e. The lowest BCUT2D eigenvalue weighted by Crippen LogP contribution is -2.59. The summed E-state index contributed by atoms with van der Waals surface area (Å²) < 4.78 is 7.06. The van der Waals surface area contributed by atoms with Crippen LogP contribution in [0.5, 0.6) is 0 Å². The van der Waals surface area contributed by atoms with Crippen LogP contribution in [0.15, 0.2) is 72.8 Å². The third-order valence-corrected chi connectivity index (χ3v) is 10.0. The van der Waals surface area contributed by atoms with Crippen molar-refractivity contribution in [2.75, 3.05) is 24.6 Å². The standard InChI is InChI=1S/C34H38ClN3O5/c1-4-24(21-39)38-29-32(42)37(28-22(3)12-9-15-25(28)35)19-11-17-34(29)27(31(38)41)26-30(40)36(20-23-13-7-6-8-14-23)18-10-16-33(26,5-2)43-34/h6-17,24,26-27,29,39H,4-5,18-21H2,1-3H3/t24-,26-,27-,29?,33+,34-/m0/s1. The average molecular weight is 604 g/mol. The van der Waals surface area contributed by atoms with E-state index in [-0.39, 0.29) is 30.9 Å². The first-order chi connectivity index (χ1) is 20.7. The molecule has 2 aromatic carbocycles. The molecule has 0 aromatic heterocycles. The van der Waals surface area contributed by atoms with Crippen LogP contribution in [-0.4, -0.2) is 75.6 Å². The summed E-state index contributed by atoms with van der Waals surface area (Å²) in [6.45, 7) is 6.41. The number of likely N-dealkylation sites (tertiary alicyclic amines) is 1. The summed E-state index contributed by atoms with van der Waals surface area (Å²) >= 11 is 6.65. The fraction of sp³-hybridized carbons (Fsp3) is 0.441. The van der Waals surface area contributed by atoms with Crippen LogP contribution in [0.25, 0.3) is 0 Å². The molecule has 2 aromatic rings. The number of benzene rings is 2. The minimum absolute atomic E-state index is 0.174. The average Bonchev–Trinajstić information content (AvgIpc) is 3.30. The number of ether oxygens (including phenoxy) is 1. The maximum absolute atomic E-state index is 14.8. The maximum Gasteiger partial charge on any atom is 0.253 e. The molecule has 0 saturated carbocycles. The van der Waals surface area contributed by atoms with E-state index in [1.54, 1.807) is 15.9 Å². The SMILES string of the molecule is CC[C@@H](CO)N1C(=O)[C@@H]2[C@H]3C(=O)N(Cc4ccccc4)CC=C[C@@]3(CC)O[C@@]23C=CCN(c2c(C)cccc2Cl)C(=O)C13. The van der Waals surface area contributed by atoms with Crippen LogP contribution in [0, 0.1) is 18.8 Å². The molecule has 3 amide bonds. The molecule has 0 radical (unpaired) electrons. The molecular formula is C34H38ClN3O5. The second-order valence-electron chi connectivity index (χ2n) is 12.0. The van der Waals surface area contributed by atoms with Crippen LogP contribution < -0.4 is 4.90 Å². The molecule has 2 fully saturated rings. The summed E-state index contributed by atoms with van der Waals surface area (Å²) in [5.74, 6) is -2.65. The predicted octanol–water partition coefficient (Wildman–Crippen LogP) is 4.28. The second-order valence-corrected chi connectivity index (χ2v) is 12.4. The fourth-order valence-electron chi connectivity index (χ4n) is 7.67. The number of anilines is 1. The number of carbonyl (C=O) groups is 3. The molecule has 9 heteroatoms. The minimum Gasteiger partial charge on any atom is -0.394 e. The first-order valence-corrected chi connectivity index (χ1v) is 15.5. The molecule has 0 bridgehead atoms. The van der Waals surface area contributed by atoms with Gasteiger partial charge in [-0.2, -0.15) is 0 Å². The highest BCUT2D eigenvalue weighted by Gasteiger charge is 2.76. The Morgan fingerprint density at radius 3 is 2.37 bits per heavy atom. The quantitative estimate of drug-likeness (QED) is 0.477. The van der Waals surface area contributed by atoms with Crippen molar-refractivity contribution in [3.05, 3.63) is 89.0 Å². The summed E-state index contributed by atoms with van der Waals surface area (Å²) in [4.78, 5) is 48.9. The highest BCUT2D eigenvalue weighted by molar-refractivity contribution is 6.34. The molecule has 8 nitrogen and oxygen atoms in total. The second kappa shape index (κ2) is 11.2. The first kappa shape index (κ1) is 29.6. The van der Waals surface area contributed by atoms with E-state index in [9.17, 15) is 19.5 Å². The number of para-hydroxylation sites is 1. The summed E-state index contributed by atoms with van der Waals surface area (Å²) in [5.41, 5.74) is -0.0957. The Labute approximate surface area is 257 Å². The van der Waals surface area contributed by atoms with Crippen molar-refractivity contribution in [3.8, 4) is 0 Å². The number of aliphatic hydroxyl groups excluding tert-OH is 1. The molecule has 4 aliphatic heterocycles. The molecule has 0 aliphatic carbocycles. The third-order valence-electron chi connectivity index (χ3n) is 9.71. The molecule has 2 saturated heterocycles. The van der Waals surface area contributed by atoms with Gasteiger partial charge in [-0.1, -0.05) is 92.2 Å². The topological polar surface area (TPSA) is 90.4 Å². The van der Waals surface area contributed by atoms with Crippen LogP contribution >= 0.6 is 11.6 Å². The first-order valence-electron chi connectivity index (χ1n) is 15.1. The molecule has 43 heavy (non-hydrogen) atoms. The van der Waals surface area contributed by atoms with Gasteiger partial charge in [-0.15, -0.1) is 0 Å². The lowest BCUT2D eigenvalue weighted by Gasteiger charge is -2.40. The Kier molecular flexibility index (Phi) is 7.73. The molecule has 1 spiro atoms. The zero-order chi connectivity index (χ0) is 30.5. The molecule has 1 unspecified atom stereocenters. The van der Waals surface area contributed by atoms with Gasteiger partial charge in [-0.3, -0.25) is 14.4 Å². The monoisotopic (exact) mass is 603 g/mol. The van der Waals surface area contributed by atoms with Gasteiger partial charge in [0, 0.05) is 19.6 Å². The molecule has 4 aliphatic rings. The number of hydrogen-bond donors (Lipinski definition) is 1. The van der Waals surface area contributed by atoms with Crippen molar-refractivity contribution < 1.29 is 24.2 Å². The molecule has 6 atom stereocenters. The largest absolute Gasteiger partial charge is 0.394 e. The fourth-order valence-corrected chi connectivity index (χ4v) is 7.99. The van der Waals surface area contributed by atoms with E-state index in [1.165, 1.54) is 4.90 Å². The van der Waals surface area contributed by atoms with Crippen molar-refractivity contribution in [2.45, 2.75) is 63.4 Å². The lowest BCUT2D eigenvalue weighted by molar-refractivity contribution is -0.153. The van der Waals surface area contributed by atoms with Crippen molar-refractivity contribution in [1.82, 2.24) is 9.80 Å². The van der Waals surface area contributed by atoms with Crippen LogP contribution in [0.1, 0.15) is 37.8 Å². The molecule has 6 rings (SSSR count). The van der Waals surface area contributed by atoms with Crippen LogP contribution in [-0.2, 0) is 25.7 Å². The van der Waals surface area contributed by atoms with Gasteiger partial charge < -0.3 is 24.5 Å². The Morgan fingerprint density at radius 1 is 0.953 bits per heavy atom. The normalized spacial score (nSPS) is 30.7. The maximum atomic E-state index is 14.8. The Morgan fingerprint density at radius 2 is 1.70 bits per heavy atom. The number of aryl methyl sites for hydroxylation is 1. The highest BCUT2D eigenvalue weighted by Crippen LogP contribution is 2.59. The van der Waals surface area contributed by atoms with Gasteiger partial charge in [-0.25, -0.2) is 0 Å².